The number of nitrogens with zero attached hydrogens (tertiary/aromatic N) is 1. The number of nitro benzene ring substituents is 1. The molecule has 2 rings (SSSR count). The summed E-state index contributed by atoms with van der Waals surface area (Å²) in [5, 5.41) is 18.5. The number of nitrogens with one attached hydrogen (secondary N) is 1. The lowest BCUT2D eigenvalue weighted by molar-refractivity contribution is -0.385. The Balaban J connectivity index is 2.13. The van der Waals surface area contributed by atoms with Gasteiger partial charge in [0.15, 0.2) is 0 Å². The van der Waals surface area contributed by atoms with E-state index in [0.717, 1.165) is 12.1 Å². The first-order valence-corrected chi connectivity index (χ1v) is 7.93. The first kappa shape index (κ1) is 15.0. The highest BCUT2D eigenvalue weighted by atomic mass is 79.9. The van der Waals surface area contributed by atoms with Crippen molar-refractivity contribution in [1.29, 1.82) is 0 Å². The molecule has 4 nitrogen and oxygen atoms in total. The molecule has 0 amide bonds. The minimum atomic E-state index is -0.362. The number of anilines is 1. The summed E-state index contributed by atoms with van der Waals surface area (Å²) in [5.41, 5.74) is 2.97. The molecule has 1 atom stereocenters. The van der Waals surface area contributed by atoms with Crippen LogP contribution in [0.5, 0.6) is 0 Å². The van der Waals surface area contributed by atoms with Crippen LogP contribution in [-0.4, -0.2) is 11.0 Å². The summed E-state index contributed by atoms with van der Waals surface area (Å²) in [6.45, 7) is 3.85. The standard InChI is InChI=1S/C14H15BrN2O2S/c1-9-5-13(12(15)7-14(9)17(18)19)16-10(2)6-11-3-4-20-8-11/h3-5,7-8,10,16H,6H2,1-2H3. The van der Waals surface area contributed by atoms with Crippen LogP contribution in [0.4, 0.5) is 11.4 Å². The van der Waals surface area contributed by atoms with Gasteiger partial charge in [0.2, 0.25) is 0 Å². The van der Waals surface area contributed by atoms with Crippen LogP contribution < -0.4 is 5.32 Å². The third-order valence-electron chi connectivity index (χ3n) is 3.01. The van der Waals surface area contributed by atoms with E-state index in [2.05, 4.69) is 45.0 Å². The van der Waals surface area contributed by atoms with E-state index in [4.69, 9.17) is 0 Å². The molecule has 0 saturated heterocycles. The molecular weight excluding hydrogens is 340 g/mol. The van der Waals surface area contributed by atoms with Crippen molar-refractivity contribution in [3.05, 3.63) is 54.7 Å². The van der Waals surface area contributed by atoms with Gasteiger partial charge in [0, 0.05) is 27.8 Å². The van der Waals surface area contributed by atoms with E-state index in [-0.39, 0.29) is 16.7 Å². The molecule has 0 spiro atoms. The molecule has 1 aromatic heterocycles. The Hall–Kier alpha value is -1.40. The number of thiophene rings is 1. The third kappa shape index (κ3) is 3.58. The maximum Gasteiger partial charge on any atom is 0.273 e. The molecule has 20 heavy (non-hydrogen) atoms. The average molecular weight is 355 g/mol. The van der Waals surface area contributed by atoms with Crippen LogP contribution in [0.25, 0.3) is 0 Å². The first-order valence-electron chi connectivity index (χ1n) is 6.19. The lowest BCUT2D eigenvalue weighted by Gasteiger charge is -2.16. The zero-order valence-electron chi connectivity index (χ0n) is 11.2. The summed E-state index contributed by atoms with van der Waals surface area (Å²) in [4.78, 5) is 10.5. The Kier molecular flexibility index (Phi) is 4.77. The smallest absolute Gasteiger partial charge is 0.273 e. The lowest BCUT2D eigenvalue weighted by Crippen LogP contribution is -2.18. The highest BCUT2D eigenvalue weighted by molar-refractivity contribution is 9.10. The number of hydrogen-bond acceptors (Lipinski definition) is 4. The fraction of sp³-hybridized carbons (Fsp3) is 0.286. The number of aryl methyl sites for hydroxylation is 1. The van der Waals surface area contributed by atoms with Crippen molar-refractivity contribution >= 4 is 38.6 Å². The van der Waals surface area contributed by atoms with Gasteiger partial charge in [-0.05, 0) is 64.7 Å². The van der Waals surface area contributed by atoms with E-state index in [1.54, 1.807) is 24.3 Å². The highest BCUT2D eigenvalue weighted by Crippen LogP contribution is 2.31. The van der Waals surface area contributed by atoms with Gasteiger partial charge < -0.3 is 5.32 Å². The molecule has 0 fully saturated rings. The SMILES string of the molecule is Cc1cc(NC(C)Cc2ccsc2)c(Br)cc1[N+](=O)[O-]. The zero-order valence-corrected chi connectivity index (χ0v) is 13.6. The molecular formula is C14H15BrN2O2S. The van der Waals surface area contributed by atoms with Crippen LogP contribution in [0.2, 0.25) is 0 Å². The molecule has 106 valence electrons. The minimum Gasteiger partial charge on any atom is -0.381 e. The maximum absolute atomic E-state index is 10.9. The van der Waals surface area contributed by atoms with E-state index < -0.39 is 0 Å². The molecule has 0 aliphatic rings. The monoisotopic (exact) mass is 354 g/mol. The van der Waals surface area contributed by atoms with E-state index in [0.29, 0.717) is 10.0 Å². The van der Waals surface area contributed by atoms with Gasteiger partial charge in [-0.25, -0.2) is 0 Å². The fourth-order valence-electron chi connectivity index (χ4n) is 2.06. The molecule has 0 saturated carbocycles. The lowest BCUT2D eigenvalue weighted by atomic mass is 10.1. The Labute approximate surface area is 130 Å². The molecule has 0 radical (unpaired) electrons. The van der Waals surface area contributed by atoms with Crippen molar-refractivity contribution in [2.24, 2.45) is 0 Å². The topological polar surface area (TPSA) is 55.2 Å². The van der Waals surface area contributed by atoms with Gasteiger partial charge in [-0.15, -0.1) is 0 Å². The molecule has 1 aromatic carbocycles. The summed E-state index contributed by atoms with van der Waals surface area (Å²) < 4.78 is 0.715. The van der Waals surface area contributed by atoms with Gasteiger partial charge in [-0.1, -0.05) is 0 Å². The van der Waals surface area contributed by atoms with Crippen molar-refractivity contribution < 1.29 is 4.92 Å². The van der Waals surface area contributed by atoms with Gasteiger partial charge in [-0.3, -0.25) is 10.1 Å². The average Bonchev–Trinajstić information content (AvgIpc) is 2.85. The number of rotatable bonds is 5. The summed E-state index contributed by atoms with van der Waals surface area (Å²) >= 11 is 5.08. The highest BCUT2D eigenvalue weighted by Gasteiger charge is 2.15. The summed E-state index contributed by atoms with van der Waals surface area (Å²) in [6, 6.07) is 5.72. The van der Waals surface area contributed by atoms with Crippen molar-refractivity contribution in [3.63, 3.8) is 0 Å². The largest absolute Gasteiger partial charge is 0.381 e. The van der Waals surface area contributed by atoms with E-state index in [1.165, 1.54) is 5.56 Å². The van der Waals surface area contributed by atoms with E-state index in [9.17, 15) is 10.1 Å². The molecule has 1 unspecified atom stereocenters. The van der Waals surface area contributed by atoms with Gasteiger partial charge in [0.25, 0.3) is 5.69 Å². The van der Waals surface area contributed by atoms with E-state index in [1.807, 2.05) is 6.07 Å². The van der Waals surface area contributed by atoms with Crippen LogP contribution >= 0.6 is 27.3 Å². The molecule has 0 bridgehead atoms. The normalized spacial score (nSPS) is 12.2. The second-order valence-corrected chi connectivity index (χ2v) is 6.39. The summed E-state index contributed by atoms with van der Waals surface area (Å²) in [7, 11) is 0. The van der Waals surface area contributed by atoms with Crippen molar-refractivity contribution in [3.8, 4) is 0 Å². The predicted molar refractivity (Wildman–Crippen MR) is 86.6 cm³/mol. The number of hydrogen-bond donors (Lipinski definition) is 1. The third-order valence-corrected chi connectivity index (χ3v) is 4.39. The van der Waals surface area contributed by atoms with Crippen LogP contribution in [-0.2, 0) is 6.42 Å². The van der Waals surface area contributed by atoms with Crippen molar-refractivity contribution in [2.75, 3.05) is 5.32 Å². The first-order chi connectivity index (χ1) is 9.47. The molecule has 2 aromatic rings. The van der Waals surface area contributed by atoms with Gasteiger partial charge in [-0.2, -0.15) is 11.3 Å². The Morgan fingerprint density at radius 2 is 2.25 bits per heavy atom. The molecule has 6 heteroatoms. The summed E-state index contributed by atoms with van der Waals surface area (Å²) in [5.74, 6) is 0. The number of nitro groups is 1. The van der Waals surface area contributed by atoms with Crippen molar-refractivity contribution in [1.82, 2.24) is 0 Å². The molecule has 1 N–H and O–H groups in total. The Morgan fingerprint density at radius 1 is 1.50 bits per heavy atom. The minimum absolute atomic E-state index is 0.132. The van der Waals surface area contributed by atoms with Crippen LogP contribution in [0.3, 0.4) is 0 Å². The van der Waals surface area contributed by atoms with Gasteiger partial charge in [0.05, 0.1) is 4.92 Å². The summed E-state index contributed by atoms with van der Waals surface area (Å²) in [6.07, 6.45) is 0.923. The molecule has 0 aliphatic carbocycles. The van der Waals surface area contributed by atoms with Crippen LogP contribution in [0, 0.1) is 17.0 Å². The quantitative estimate of drug-likeness (QED) is 0.621. The second kappa shape index (κ2) is 6.37. The van der Waals surface area contributed by atoms with E-state index >= 15 is 0 Å². The van der Waals surface area contributed by atoms with Crippen LogP contribution in [0.15, 0.2) is 33.4 Å². The second-order valence-electron chi connectivity index (χ2n) is 4.76. The van der Waals surface area contributed by atoms with Gasteiger partial charge >= 0.3 is 0 Å². The van der Waals surface area contributed by atoms with Gasteiger partial charge in [0.1, 0.15) is 0 Å². The predicted octanol–water partition coefficient (Wildman–Crippen LogP) is 4.77. The van der Waals surface area contributed by atoms with Crippen LogP contribution in [0.1, 0.15) is 18.1 Å². The Morgan fingerprint density at radius 3 is 2.85 bits per heavy atom. The molecule has 1 heterocycles. The van der Waals surface area contributed by atoms with Crippen molar-refractivity contribution in [2.45, 2.75) is 26.3 Å². The number of benzene rings is 1. The molecule has 0 aliphatic heterocycles. The maximum atomic E-state index is 10.9. The zero-order chi connectivity index (χ0) is 14.7. The number of halogens is 1. The Bertz CT molecular complexity index is 614. The fourth-order valence-corrected chi connectivity index (χ4v) is 3.18.